The molecule has 0 aromatic carbocycles. The Hall–Kier alpha value is -1.01. The van der Waals surface area contributed by atoms with Crippen LogP contribution in [0, 0.1) is 5.92 Å². The number of piperidine rings is 1. The summed E-state index contributed by atoms with van der Waals surface area (Å²) in [5.74, 6) is 0.894. The van der Waals surface area contributed by atoms with Crippen molar-refractivity contribution in [2.75, 3.05) is 31.6 Å². The van der Waals surface area contributed by atoms with Gasteiger partial charge in [-0.15, -0.1) is 0 Å². The molecule has 2 rings (SSSR count). The highest BCUT2D eigenvalue weighted by atomic mass is 32.2. The SMILES string of the molecule is CC(C)(C)c1cc(CC2CCN(CCS(C)(=O)=O)CC2)ncn1. The standard InChI is InChI=1S/C17H29N3O2S/c1-17(2,3)16-12-15(18-13-19-16)11-14-5-7-20(8-6-14)9-10-23(4,21)22/h12-14H,5-11H2,1-4H3. The van der Waals surface area contributed by atoms with Crippen molar-refractivity contribution >= 4 is 9.84 Å². The molecule has 0 radical (unpaired) electrons. The van der Waals surface area contributed by atoms with E-state index in [9.17, 15) is 8.42 Å². The summed E-state index contributed by atoms with van der Waals surface area (Å²) in [5, 5.41) is 0. The van der Waals surface area contributed by atoms with Gasteiger partial charge in [-0.1, -0.05) is 20.8 Å². The van der Waals surface area contributed by atoms with Crippen LogP contribution in [0.15, 0.2) is 12.4 Å². The Morgan fingerprint density at radius 1 is 1.22 bits per heavy atom. The topological polar surface area (TPSA) is 63.2 Å². The quantitative estimate of drug-likeness (QED) is 0.822. The van der Waals surface area contributed by atoms with Crippen LogP contribution in [0.5, 0.6) is 0 Å². The van der Waals surface area contributed by atoms with Crippen molar-refractivity contribution in [1.82, 2.24) is 14.9 Å². The molecule has 6 heteroatoms. The maximum absolute atomic E-state index is 11.3. The summed E-state index contributed by atoms with van der Waals surface area (Å²) in [7, 11) is -2.86. The summed E-state index contributed by atoms with van der Waals surface area (Å²) in [5.41, 5.74) is 2.26. The molecule has 0 aliphatic carbocycles. The van der Waals surface area contributed by atoms with Crippen molar-refractivity contribution in [3.8, 4) is 0 Å². The Kier molecular flexibility index (Phi) is 5.79. The molecule has 1 saturated heterocycles. The molecule has 1 aromatic rings. The monoisotopic (exact) mass is 339 g/mol. The third-order valence-electron chi connectivity index (χ3n) is 4.48. The first-order chi connectivity index (χ1) is 10.6. The second kappa shape index (κ2) is 7.26. The van der Waals surface area contributed by atoms with E-state index >= 15 is 0 Å². The van der Waals surface area contributed by atoms with E-state index in [0.717, 1.165) is 43.7 Å². The lowest BCUT2D eigenvalue weighted by Crippen LogP contribution is -2.37. The van der Waals surface area contributed by atoms with Crippen LogP contribution in [-0.4, -0.2) is 54.9 Å². The first-order valence-corrected chi connectivity index (χ1v) is 10.4. The molecule has 0 unspecified atom stereocenters. The molecule has 130 valence electrons. The van der Waals surface area contributed by atoms with Gasteiger partial charge in [0.05, 0.1) is 5.75 Å². The van der Waals surface area contributed by atoms with Crippen molar-refractivity contribution in [3.05, 3.63) is 23.8 Å². The Balaban J connectivity index is 1.85. The van der Waals surface area contributed by atoms with Crippen LogP contribution in [0.25, 0.3) is 0 Å². The number of rotatable bonds is 5. The van der Waals surface area contributed by atoms with Crippen LogP contribution in [0.2, 0.25) is 0 Å². The zero-order valence-electron chi connectivity index (χ0n) is 14.7. The lowest BCUT2D eigenvalue weighted by Gasteiger charge is -2.31. The van der Waals surface area contributed by atoms with E-state index < -0.39 is 9.84 Å². The van der Waals surface area contributed by atoms with E-state index in [1.807, 2.05) is 0 Å². The highest BCUT2D eigenvalue weighted by molar-refractivity contribution is 7.90. The molecule has 23 heavy (non-hydrogen) atoms. The van der Waals surface area contributed by atoms with Gasteiger partial charge >= 0.3 is 0 Å². The first kappa shape index (κ1) is 18.3. The summed E-state index contributed by atoms with van der Waals surface area (Å²) in [6, 6.07) is 2.13. The number of hydrogen-bond donors (Lipinski definition) is 0. The average molecular weight is 340 g/mol. The zero-order chi connectivity index (χ0) is 17.1. The van der Waals surface area contributed by atoms with Crippen LogP contribution in [-0.2, 0) is 21.7 Å². The smallest absolute Gasteiger partial charge is 0.148 e. The van der Waals surface area contributed by atoms with Gasteiger partial charge in [-0.25, -0.2) is 18.4 Å². The Morgan fingerprint density at radius 3 is 2.43 bits per heavy atom. The van der Waals surface area contributed by atoms with E-state index in [1.54, 1.807) is 6.33 Å². The van der Waals surface area contributed by atoms with Crippen LogP contribution in [0.4, 0.5) is 0 Å². The third kappa shape index (κ3) is 6.18. The van der Waals surface area contributed by atoms with E-state index in [0.29, 0.717) is 12.5 Å². The minimum Gasteiger partial charge on any atom is -0.302 e. The summed E-state index contributed by atoms with van der Waals surface area (Å²) >= 11 is 0. The van der Waals surface area contributed by atoms with Gasteiger partial charge in [0.25, 0.3) is 0 Å². The maximum atomic E-state index is 11.3. The maximum Gasteiger partial charge on any atom is 0.148 e. The van der Waals surface area contributed by atoms with Crippen molar-refractivity contribution in [1.29, 1.82) is 0 Å². The molecule has 1 aromatic heterocycles. The fourth-order valence-electron chi connectivity index (χ4n) is 2.92. The number of sulfone groups is 1. The van der Waals surface area contributed by atoms with Gasteiger partial charge in [-0.3, -0.25) is 0 Å². The van der Waals surface area contributed by atoms with Crippen molar-refractivity contribution in [3.63, 3.8) is 0 Å². The molecule has 2 heterocycles. The summed E-state index contributed by atoms with van der Waals surface area (Å²) in [4.78, 5) is 11.1. The normalized spacial score (nSPS) is 18.3. The fourth-order valence-corrected chi connectivity index (χ4v) is 3.51. The van der Waals surface area contributed by atoms with Gasteiger partial charge < -0.3 is 4.90 Å². The highest BCUT2D eigenvalue weighted by Gasteiger charge is 2.22. The molecule has 0 atom stereocenters. The van der Waals surface area contributed by atoms with Gasteiger partial charge in [0.1, 0.15) is 16.2 Å². The Morgan fingerprint density at radius 2 is 1.87 bits per heavy atom. The summed E-state index contributed by atoms with van der Waals surface area (Å²) in [6.07, 6.45) is 6.20. The second-order valence-corrected chi connectivity index (χ2v) is 10.0. The molecule has 1 aliphatic heterocycles. The summed E-state index contributed by atoms with van der Waals surface area (Å²) in [6.45, 7) is 9.13. The van der Waals surface area contributed by atoms with E-state index in [4.69, 9.17) is 0 Å². The minimum absolute atomic E-state index is 0.0483. The summed E-state index contributed by atoms with van der Waals surface area (Å²) < 4.78 is 22.5. The van der Waals surface area contributed by atoms with Crippen LogP contribution in [0.3, 0.4) is 0 Å². The highest BCUT2D eigenvalue weighted by Crippen LogP contribution is 2.24. The lowest BCUT2D eigenvalue weighted by molar-refractivity contribution is 0.192. The van der Waals surface area contributed by atoms with Crippen molar-refractivity contribution in [2.24, 2.45) is 5.92 Å². The molecule has 0 amide bonds. The van der Waals surface area contributed by atoms with Crippen molar-refractivity contribution < 1.29 is 8.42 Å². The van der Waals surface area contributed by atoms with Crippen molar-refractivity contribution in [2.45, 2.75) is 45.4 Å². The van der Waals surface area contributed by atoms with E-state index in [-0.39, 0.29) is 11.2 Å². The van der Waals surface area contributed by atoms with Crippen LogP contribution < -0.4 is 0 Å². The van der Waals surface area contributed by atoms with Gasteiger partial charge in [0.15, 0.2) is 0 Å². The lowest BCUT2D eigenvalue weighted by atomic mass is 9.89. The molecule has 1 fully saturated rings. The van der Waals surface area contributed by atoms with Gasteiger partial charge in [0.2, 0.25) is 0 Å². The second-order valence-electron chi connectivity index (χ2n) is 7.76. The largest absolute Gasteiger partial charge is 0.302 e. The number of hydrogen-bond acceptors (Lipinski definition) is 5. The predicted molar refractivity (Wildman–Crippen MR) is 93.3 cm³/mol. The molecule has 5 nitrogen and oxygen atoms in total. The molecule has 0 saturated carbocycles. The van der Waals surface area contributed by atoms with E-state index in [1.165, 1.54) is 6.26 Å². The van der Waals surface area contributed by atoms with Gasteiger partial charge in [-0.05, 0) is 44.3 Å². The molecule has 0 spiro atoms. The van der Waals surface area contributed by atoms with Gasteiger partial charge in [0, 0.05) is 29.6 Å². The Labute approximate surface area is 140 Å². The fraction of sp³-hybridized carbons (Fsp3) is 0.765. The van der Waals surface area contributed by atoms with Crippen LogP contribution >= 0.6 is 0 Å². The Bertz CT molecular complexity index is 615. The third-order valence-corrected chi connectivity index (χ3v) is 5.40. The predicted octanol–water partition coefficient (Wildman–Crippen LogP) is 2.07. The molecule has 1 aliphatic rings. The molecule has 0 N–H and O–H groups in total. The zero-order valence-corrected chi connectivity index (χ0v) is 15.6. The molecular formula is C17H29N3O2S. The van der Waals surface area contributed by atoms with E-state index in [2.05, 4.69) is 41.7 Å². The van der Waals surface area contributed by atoms with Gasteiger partial charge in [-0.2, -0.15) is 0 Å². The number of aromatic nitrogens is 2. The molecular weight excluding hydrogens is 310 g/mol. The average Bonchev–Trinajstić information content (AvgIpc) is 2.45. The number of nitrogens with zero attached hydrogens (tertiary/aromatic N) is 3. The number of likely N-dealkylation sites (tertiary alicyclic amines) is 1. The first-order valence-electron chi connectivity index (χ1n) is 8.35. The van der Waals surface area contributed by atoms with Crippen LogP contribution in [0.1, 0.15) is 45.0 Å². The molecule has 0 bridgehead atoms. The minimum atomic E-state index is -2.86.